The van der Waals surface area contributed by atoms with E-state index in [4.69, 9.17) is 83.6 Å². The third-order valence-corrected chi connectivity index (χ3v) is 23.8. The number of hydrogen-bond acceptors (Lipinski definition) is 13. The van der Waals surface area contributed by atoms with E-state index < -0.39 is 18.5 Å². The fourth-order valence-electron chi connectivity index (χ4n) is 15.4. The Hall–Kier alpha value is -12.4. The fraction of sp³-hybridized carbons (Fsp3) is 0.0545. The molecule has 0 atom stereocenters. The molecule has 0 amide bonds. The van der Waals surface area contributed by atoms with E-state index in [0.29, 0.717) is 11.2 Å². The Morgan fingerprint density at radius 3 is 0.879 bits per heavy atom. The second-order valence-corrected chi connectivity index (χ2v) is 34.2. The molecular formula is C110H87B3Br3Cl3N3O9S. The van der Waals surface area contributed by atoms with Gasteiger partial charge in [0, 0.05) is 29.8 Å². The van der Waals surface area contributed by atoms with Gasteiger partial charge in [0.25, 0.3) is 0 Å². The van der Waals surface area contributed by atoms with Crippen LogP contribution in [-0.4, -0.2) is 91.8 Å². The molecule has 0 saturated heterocycles. The molecule has 0 bridgehead atoms. The maximum absolute atomic E-state index is 8.88. The Kier molecular flexibility index (Phi) is 35.4. The van der Waals surface area contributed by atoms with Gasteiger partial charge in [0.15, 0.2) is 4.30 Å². The standard InChI is InChI=1S/C30H21NO.C21H15BrO.C21H16O.C14H9Br.C9H8BNO2.C7H9BO3.C7H7BrO.CHCl3.BHNS/c1-32-22-17-14-21(15-18-22)29-23-9-3-5-11-25(23)30(26-12-6-4-10-24(26)29)28-19-16-20-8-2-7-13-27(20)31-28;1-23-15-12-10-14(11-13-15)20-16-6-2-4-8-18(16)21(22)19-9-5-3-7-17(19)20;1-22-18-12-10-15(11-13-18)21-19-8-4-2-6-16(19)14-17-7-3-5-9-20(17)21;15-14-12-7-3-1-5-10(12)9-11-6-2-4-8-13(11)14;12-10(13)9-6-5-7-3-1-2-4-8(7)11-9;1-11-7-4-2-6(3-5-7)8(9)10;1-9-7-4-2-6(8)3-5-7;2-1(3)4;1-2-3/h2-19H,1H3;2-13H,1H3;2-14H,1H3;1-9H;1-6,12-13H;2-5,9-10H,1H3;2-5H,1H3;1H;3H. The van der Waals surface area contributed by atoms with Crippen molar-refractivity contribution in [1.29, 1.82) is 0 Å². The summed E-state index contributed by atoms with van der Waals surface area (Å²) in [6.07, 6.45) is 0. The van der Waals surface area contributed by atoms with E-state index >= 15 is 0 Å². The Morgan fingerprint density at radius 1 is 0.288 bits per heavy atom. The molecule has 2 heterocycles. The number of benzene rings is 19. The van der Waals surface area contributed by atoms with E-state index in [1.807, 2.05) is 97.1 Å². The first-order valence-electron chi connectivity index (χ1n) is 41.6. The molecule has 0 saturated carbocycles. The van der Waals surface area contributed by atoms with E-state index in [0.717, 1.165) is 59.4 Å². The van der Waals surface area contributed by atoms with Crippen LogP contribution in [0.2, 0.25) is 0 Å². The molecule has 2 aromatic heterocycles. The van der Waals surface area contributed by atoms with Crippen LogP contribution in [0.1, 0.15) is 0 Å². The van der Waals surface area contributed by atoms with Crippen LogP contribution in [0.5, 0.6) is 28.7 Å². The van der Waals surface area contributed by atoms with Gasteiger partial charge in [-0.2, -0.15) is 0 Å². The number of thiol groups is 1. The number of fused-ring (bicyclic) bond motifs is 10. The SMILES string of the molecule is Brc1c2ccccc2cc2ccccc12.COc1ccc(-c2c3ccccc3c(-c3ccc4ccccc4n3)c3ccccc23)cc1.COc1ccc(-c2c3ccccc3c(Br)c3ccccc23)cc1.COc1ccc(-c2c3ccccc3cc3ccccc23)cc1.COc1ccc(B(O)O)cc1.COc1ccc(Br)cc1.ClC(Cl)Cl.OB(O)c1ccc2ccccc2n1.[B]=NS. The zero-order chi connectivity index (χ0) is 93.0. The van der Waals surface area contributed by atoms with Crippen molar-refractivity contribution in [3.05, 3.63) is 414 Å². The average molecular weight is 2010 g/mol. The summed E-state index contributed by atoms with van der Waals surface area (Å²) in [5.74, 6) is 4.21. The van der Waals surface area contributed by atoms with Gasteiger partial charge in [-0.25, -0.2) is 4.98 Å². The predicted octanol–water partition coefficient (Wildman–Crippen LogP) is 28.7. The molecule has 0 aliphatic heterocycles. The Morgan fingerprint density at radius 2 is 0.538 bits per heavy atom. The maximum atomic E-state index is 8.88. The summed E-state index contributed by atoms with van der Waals surface area (Å²) in [7, 11) is 9.74. The van der Waals surface area contributed by atoms with Gasteiger partial charge < -0.3 is 43.8 Å². The van der Waals surface area contributed by atoms with Crippen molar-refractivity contribution < 1.29 is 43.8 Å². The number of methoxy groups -OCH3 is 5. The molecule has 21 rings (SSSR count). The molecule has 0 aliphatic carbocycles. The third kappa shape index (κ3) is 24.5. The number of rotatable bonds is 11. The second-order valence-electron chi connectivity index (χ2n) is 29.5. The molecule has 19 aromatic carbocycles. The van der Waals surface area contributed by atoms with E-state index in [1.165, 1.54) is 130 Å². The van der Waals surface area contributed by atoms with Crippen LogP contribution in [0, 0.1) is 0 Å². The normalized spacial score (nSPS) is 10.5. The van der Waals surface area contributed by atoms with E-state index in [9.17, 15) is 0 Å². The summed E-state index contributed by atoms with van der Waals surface area (Å²) in [5, 5.41) is 57.4. The van der Waals surface area contributed by atoms with Crippen molar-refractivity contribution in [3.63, 3.8) is 0 Å². The Balaban J connectivity index is 0.000000134. The monoisotopic (exact) mass is 2000 g/mol. The first kappa shape index (κ1) is 97.1. The van der Waals surface area contributed by atoms with Gasteiger partial charge in [-0.15, -0.1) is 0 Å². The number of nitrogens with zero attached hydrogens (tertiary/aromatic N) is 3. The second kappa shape index (κ2) is 48.1. The third-order valence-electron chi connectivity index (χ3n) is 21.6. The average Bonchev–Trinajstić information content (AvgIpc) is 0.737. The molecule has 0 fully saturated rings. The molecule has 4 N–H and O–H groups in total. The van der Waals surface area contributed by atoms with Crippen molar-refractivity contribution in [1.82, 2.24) is 9.97 Å². The fourth-order valence-corrected chi connectivity index (χ4v) is 17.1. The molecule has 22 heteroatoms. The summed E-state index contributed by atoms with van der Waals surface area (Å²) in [5.41, 5.74) is 12.1. The minimum atomic E-state index is -1.50. The molecule has 0 spiro atoms. The van der Waals surface area contributed by atoms with Gasteiger partial charge >= 0.3 is 39.0 Å². The van der Waals surface area contributed by atoms with E-state index in [1.54, 1.807) is 65.9 Å². The summed E-state index contributed by atoms with van der Waals surface area (Å²) in [6, 6.07) is 136. The van der Waals surface area contributed by atoms with E-state index in [-0.39, 0.29) is 5.59 Å². The van der Waals surface area contributed by atoms with Crippen molar-refractivity contribution in [2.24, 2.45) is 4.30 Å². The molecule has 132 heavy (non-hydrogen) atoms. The van der Waals surface area contributed by atoms with Crippen LogP contribution >= 0.6 is 95.4 Å². The van der Waals surface area contributed by atoms with Crippen molar-refractivity contribution in [2.45, 2.75) is 4.30 Å². The number of halogens is 6. The van der Waals surface area contributed by atoms with Crippen LogP contribution in [0.3, 0.4) is 0 Å². The number of ether oxygens (including phenoxy) is 5. The van der Waals surface area contributed by atoms with Gasteiger partial charge in [-0.05, 0) is 266 Å². The van der Waals surface area contributed by atoms with Crippen LogP contribution in [0.4, 0.5) is 0 Å². The number of aromatic nitrogens is 2. The summed E-state index contributed by atoms with van der Waals surface area (Å²) in [6.45, 7) is 0. The number of hydrogen-bond donors (Lipinski definition) is 5. The first-order valence-corrected chi connectivity index (χ1v) is 45.7. The van der Waals surface area contributed by atoms with Gasteiger partial charge in [0.2, 0.25) is 0 Å². The zero-order valence-electron chi connectivity index (χ0n) is 72.3. The van der Waals surface area contributed by atoms with Gasteiger partial charge in [-0.3, -0.25) is 4.98 Å². The Bertz CT molecular complexity index is 7250. The topological polar surface area (TPSA) is 165 Å². The molecule has 0 aliphatic rings. The van der Waals surface area contributed by atoms with Gasteiger partial charge in [-0.1, -0.05) is 342 Å². The van der Waals surface area contributed by atoms with Crippen molar-refractivity contribution >= 4 is 236 Å². The number of pyridine rings is 2. The minimum absolute atomic E-state index is 0.277. The molecule has 1 radical (unpaired) electrons. The molecular weight excluding hydrogens is 1920 g/mol. The van der Waals surface area contributed by atoms with Gasteiger partial charge in [0.05, 0.1) is 57.9 Å². The molecule has 21 aromatic rings. The van der Waals surface area contributed by atoms with Gasteiger partial charge in [0.1, 0.15) is 28.7 Å². The Labute approximate surface area is 814 Å². The first-order chi connectivity index (χ1) is 64.3. The molecule has 0 unspecified atom stereocenters. The zero-order valence-corrected chi connectivity index (χ0v) is 80.2. The summed E-state index contributed by atoms with van der Waals surface area (Å²) >= 11 is 28.4. The van der Waals surface area contributed by atoms with Crippen LogP contribution in [0.15, 0.2) is 418 Å². The molecule has 653 valence electrons. The number of alkyl halides is 3. The molecule has 12 nitrogen and oxygen atoms in total. The summed E-state index contributed by atoms with van der Waals surface area (Å²) in [4.78, 5) is 9.13. The van der Waals surface area contributed by atoms with Crippen molar-refractivity contribution in [3.8, 4) is 73.4 Å². The van der Waals surface area contributed by atoms with Crippen LogP contribution in [-0.2, 0) is 0 Å². The quantitative estimate of drug-likeness (QED) is 0.0362. The van der Waals surface area contributed by atoms with Crippen molar-refractivity contribution in [2.75, 3.05) is 35.5 Å². The summed E-state index contributed by atoms with van der Waals surface area (Å²) < 4.78 is 31.2. The van der Waals surface area contributed by atoms with Crippen LogP contribution < -0.4 is 34.7 Å². The predicted molar refractivity (Wildman–Crippen MR) is 572 cm³/mol. The number of para-hydroxylation sites is 2. The van der Waals surface area contributed by atoms with E-state index in [2.05, 4.69) is 351 Å². The van der Waals surface area contributed by atoms with Crippen LogP contribution in [0.25, 0.3) is 153 Å².